The molecular formula is C21H25BrFN3O5S. The van der Waals surface area contributed by atoms with Gasteiger partial charge in [-0.3, -0.25) is 4.79 Å². The van der Waals surface area contributed by atoms with Gasteiger partial charge in [-0.15, -0.1) is 0 Å². The minimum Gasteiger partial charge on any atom is -0.472 e. The maximum absolute atomic E-state index is 13.2. The second kappa shape index (κ2) is 9.82. The van der Waals surface area contributed by atoms with Crippen LogP contribution in [0.3, 0.4) is 0 Å². The minimum atomic E-state index is -3.89. The van der Waals surface area contributed by atoms with E-state index in [1.54, 1.807) is 17.9 Å². The third-order valence-electron chi connectivity index (χ3n) is 5.45. The molecule has 0 spiro atoms. The first-order valence-corrected chi connectivity index (χ1v) is 12.2. The molecule has 1 amide bonds. The van der Waals surface area contributed by atoms with Gasteiger partial charge in [0, 0.05) is 30.2 Å². The molecule has 2 aromatic rings. The quantitative estimate of drug-likeness (QED) is 0.617. The van der Waals surface area contributed by atoms with Crippen molar-refractivity contribution in [3.05, 3.63) is 52.4 Å². The zero-order valence-electron chi connectivity index (χ0n) is 17.9. The Morgan fingerprint density at radius 2 is 2.03 bits per heavy atom. The molecular weight excluding hydrogens is 505 g/mol. The summed E-state index contributed by atoms with van der Waals surface area (Å²) in [6, 6.07) is 5.74. The standard InChI is InChI=1S/C21H25BrFN3O5S/c1-13-10-26(14(2)12-27)21(28)18-8-15(22)9-24-20(18)31-19(13)11-25(3)32(29,30)17-6-4-16(23)5-7-17/h4-9,13-14,19,27H,10-12H2,1-3H3/t13-,14-,19-/m1/s1. The van der Waals surface area contributed by atoms with Crippen LogP contribution >= 0.6 is 15.9 Å². The third-order valence-corrected chi connectivity index (χ3v) is 7.72. The number of hydrogen-bond acceptors (Lipinski definition) is 6. The Labute approximate surface area is 195 Å². The first-order chi connectivity index (χ1) is 15.0. The van der Waals surface area contributed by atoms with Crippen LogP contribution in [-0.4, -0.2) is 72.5 Å². The number of aliphatic hydroxyl groups is 1. The Morgan fingerprint density at radius 1 is 1.38 bits per heavy atom. The number of benzene rings is 1. The highest BCUT2D eigenvalue weighted by atomic mass is 79.9. The lowest BCUT2D eigenvalue weighted by molar-refractivity contribution is 0.0373. The number of carbonyl (C=O) groups excluding carboxylic acids is 1. The first kappa shape index (κ1) is 24.6. The SMILES string of the molecule is C[C@@H]1CN([C@H](C)CO)C(=O)c2cc(Br)cnc2O[C@@H]1CN(C)S(=O)(=O)c1ccc(F)cc1. The van der Waals surface area contributed by atoms with Crippen LogP contribution in [0.4, 0.5) is 4.39 Å². The van der Waals surface area contributed by atoms with Crippen molar-refractivity contribution in [2.45, 2.75) is 30.9 Å². The highest BCUT2D eigenvalue weighted by Gasteiger charge is 2.35. The molecule has 1 aliphatic rings. The molecule has 1 aromatic heterocycles. The molecule has 174 valence electrons. The molecule has 1 N–H and O–H groups in total. The summed E-state index contributed by atoms with van der Waals surface area (Å²) in [4.78, 5) is 18.9. The Bertz CT molecular complexity index is 1080. The number of likely N-dealkylation sites (N-methyl/N-ethyl adjacent to an activating group) is 1. The summed E-state index contributed by atoms with van der Waals surface area (Å²) in [7, 11) is -2.47. The fourth-order valence-electron chi connectivity index (χ4n) is 3.43. The van der Waals surface area contributed by atoms with Gasteiger partial charge in [-0.2, -0.15) is 4.31 Å². The van der Waals surface area contributed by atoms with Crippen LogP contribution in [0.15, 0.2) is 45.9 Å². The molecule has 0 saturated carbocycles. The van der Waals surface area contributed by atoms with Crippen molar-refractivity contribution < 1.29 is 27.4 Å². The van der Waals surface area contributed by atoms with Gasteiger partial charge in [0.1, 0.15) is 17.5 Å². The zero-order valence-corrected chi connectivity index (χ0v) is 20.3. The molecule has 0 radical (unpaired) electrons. The molecule has 3 atom stereocenters. The molecule has 8 nitrogen and oxygen atoms in total. The highest BCUT2D eigenvalue weighted by molar-refractivity contribution is 9.10. The highest BCUT2D eigenvalue weighted by Crippen LogP contribution is 2.29. The third kappa shape index (κ3) is 5.11. The van der Waals surface area contributed by atoms with E-state index in [0.29, 0.717) is 4.47 Å². The van der Waals surface area contributed by atoms with Gasteiger partial charge in [0.2, 0.25) is 15.9 Å². The molecule has 2 heterocycles. The molecule has 0 unspecified atom stereocenters. The summed E-state index contributed by atoms with van der Waals surface area (Å²) in [6.07, 6.45) is 0.859. The molecule has 1 aliphatic heterocycles. The number of ether oxygens (including phenoxy) is 1. The first-order valence-electron chi connectivity index (χ1n) is 10.0. The van der Waals surface area contributed by atoms with Crippen LogP contribution in [0.1, 0.15) is 24.2 Å². The van der Waals surface area contributed by atoms with Crippen LogP contribution in [-0.2, 0) is 10.0 Å². The Morgan fingerprint density at radius 3 is 2.66 bits per heavy atom. The monoisotopic (exact) mass is 529 g/mol. The predicted octanol–water partition coefficient (Wildman–Crippen LogP) is 2.52. The molecule has 0 bridgehead atoms. The molecule has 0 fully saturated rings. The summed E-state index contributed by atoms with van der Waals surface area (Å²) in [5.41, 5.74) is 0.223. The van der Waals surface area contributed by atoms with Crippen molar-refractivity contribution in [3.8, 4) is 5.88 Å². The topological polar surface area (TPSA) is 100 Å². The lowest BCUT2D eigenvalue weighted by Crippen LogP contribution is -2.50. The number of hydrogen-bond donors (Lipinski definition) is 1. The maximum atomic E-state index is 13.2. The second-order valence-electron chi connectivity index (χ2n) is 7.87. The van der Waals surface area contributed by atoms with Crippen LogP contribution in [0.2, 0.25) is 0 Å². The minimum absolute atomic E-state index is 0.0202. The Kier molecular flexibility index (Phi) is 7.53. The van der Waals surface area contributed by atoms with Crippen molar-refractivity contribution in [1.82, 2.24) is 14.2 Å². The fraction of sp³-hybridized carbons (Fsp3) is 0.429. The number of nitrogens with zero attached hydrogens (tertiary/aromatic N) is 3. The molecule has 1 aromatic carbocycles. The van der Waals surface area contributed by atoms with E-state index in [1.807, 2.05) is 6.92 Å². The summed E-state index contributed by atoms with van der Waals surface area (Å²) in [5, 5.41) is 9.66. The van der Waals surface area contributed by atoms with E-state index >= 15 is 0 Å². The van der Waals surface area contributed by atoms with Crippen LogP contribution in [0.5, 0.6) is 5.88 Å². The number of fused-ring (bicyclic) bond motifs is 1. The summed E-state index contributed by atoms with van der Waals surface area (Å²) in [6.45, 7) is 3.59. The number of amides is 1. The lowest BCUT2D eigenvalue weighted by atomic mass is 10.0. The number of halogens is 2. The van der Waals surface area contributed by atoms with Crippen LogP contribution < -0.4 is 4.74 Å². The van der Waals surface area contributed by atoms with E-state index in [4.69, 9.17) is 4.74 Å². The van der Waals surface area contributed by atoms with Gasteiger partial charge in [-0.05, 0) is 53.2 Å². The Hall–Kier alpha value is -2.08. The molecule has 32 heavy (non-hydrogen) atoms. The summed E-state index contributed by atoms with van der Waals surface area (Å²) in [5.74, 6) is -1.04. The van der Waals surface area contributed by atoms with E-state index in [9.17, 15) is 22.7 Å². The molecule has 3 rings (SSSR count). The van der Waals surface area contributed by atoms with E-state index in [2.05, 4.69) is 20.9 Å². The van der Waals surface area contributed by atoms with Crippen molar-refractivity contribution in [2.24, 2.45) is 5.92 Å². The van der Waals surface area contributed by atoms with E-state index in [0.717, 1.165) is 16.4 Å². The normalized spacial score (nSPS) is 20.3. The van der Waals surface area contributed by atoms with Gasteiger partial charge < -0.3 is 14.7 Å². The number of pyridine rings is 1. The van der Waals surface area contributed by atoms with Gasteiger partial charge in [0.25, 0.3) is 5.91 Å². The summed E-state index contributed by atoms with van der Waals surface area (Å²) >= 11 is 3.31. The fourth-order valence-corrected chi connectivity index (χ4v) is 4.95. The van der Waals surface area contributed by atoms with E-state index < -0.39 is 28.0 Å². The van der Waals surface area contributed by atoms with Crippen LogP contribution in [0, 0.1) is 11.7 Å². The van der Waals surface area contributed by atoms with Crippen LogP contribution in [0.25, 0.3) is 0 Å². The van der Waals surface area contributed by atoms with Gasteiger partial charge in [0.15, 0.2) is 0 Å². The van der Waals surface area contributed by atoms with Gasteiger partial charge >= 0.3 is 0 Å². The Balaban J connectivity index is 1.94. The lowest BCUT2D eigenvalue weighted by Gasteiger charge is -2.37. The van der Waals surface area contributed by atoms with Crippen molar-refractivity contribution >= 4 is 31.9 Å². The summed E-state index contributed by atoms with van der Waals surface area (Å²) < 4.78 is 46.9. The molecule has 0 aliphatic carbocycles. The second-order valence-corrected chi connectivity index (χ2v) is 10.8. The average Bonchev–Trinajstić information content (AvgIpc) is 2.76. The number of rotatable bonds is 6. The smallest absolute Gasteiger partial charge is 0.259 e. The maximum Gasteiger partial charge on any atom is 0.259 e. The van der Waals surface area contributed by atoms with E-state index in [1.165, 1.54) is 25.4 Å². The largest absolute Gasteiger partial charge is 0.472 e. The van der Waals surface area contributed by atoms with Gasteiger partial charge in [-0.1, -0.05) is 6.92 Å². The van der Waals surface area contributed by atoms with Gasteiger partial charge in [0.05, 0.1) is 24.1 Å². The number of carbonyl (C=O) groups is 1. The van der Waals surface area contributed by atoms with E-state index in [-0.39, 0.29) is 47.9 Å². The molecule has 0 saturated heterocycles. The zero-order chi connectivity index (χ0) is 23.6. The molecule has 11 heteroatoms. The van der Waals surface area contributed by atoms with Crippen molar-refractivity contribution in [2.75, 3.05) is 26.7 Å². The average molecular weight is 530 g/mol. The van der Waals surface area contributed by atoms with Crippen molar-refractivity contribution in [1.29, 1.82) is 0 Å². The number of aromatic nitrogens is 1. The van der Waals surface area contributed by atoms with Gasteiger partial charge in [-0.25, -0.2) is 17.8 Å². The number of aliphatic hydroxyl groups excluding tert-OH is 1. The van der Waals surface area contributed by atoms with Crippen molar-refractivity contribution in [3.63, 3.8) is 0 Å². The number of sulfonamides is 1. The predicted molar refractivity (Wildman–Crippen MR) is 119 cm³/mol.